The molecule has 3 atom stereocenters. The highest BCUT2D eigenvalue weighted by Gasteiger charge is 2.39. The number of hydrogen-bond acceptors (Lipinski definition) is 3. The topological polar surface area (TPSA) is 57.4 Å². The van der Waals surface area contributed by atoms with E-state index in [1.165, 1.54) is 29.0 Å². The second-order valence-electron chi connectivity index (χ2n) is 7.94. The van der Waals surface area contributed by atoms with E-state index in [2.05, 4.69) is 5.32 Å². The number of nitrogens with zero attached hydrogens (tertiary/aromatic N) is 1. The standard InChI is InChI=1S/C23H19Cl2F7N2O2/c24-16-8-14(9-17(25)21(16)26)15(23(30,31)32)3-1-12-2-4-18-13(7-12)5-6-34(18)20(36)11-33-19(35)10-22(27,28)29/h1-9,15,19-20,33,35-36H,10-11H2/b3-1+. The summed E-state index contributed by atoms with van der Waals surface area (Å²) in [4.78, 5) is 0. The van der Waals surface area contributed by atoms with Crippen molar-refractivity contribution in [3.8, 4) is 0 Å². The molecule has 196 valence electrons. The number of nitrogens with one attached hydrogen (secondary N) is 1. The number of aromatic nitrogens is 1. The van der Waals surface area contributed by atoms with Crippen LogP contribution in [-0.4, -0.2) is 39.9 Å². The minimum Gasteiger partial charge on any atom is -0.378 e. The first-order valence-corrected chi connectivity index (χ1v) is 11.1. The molecule has 2 aromatic carbocycles. The first-order chi connectivity index (χ1) is 16.7. The van der Waals surface area contributed by atoms with Gasteiger partial charge in [-0.15, -0.1) is 0 Å². The van der Waals surface area contributed by atoms with Gasteiger partial charge in [-0.25, -0.2) is 4.39 Å². The number of rotatable bonds is 8. The maximum absolute atomic E-state index is 13.7. The fourth-order valence-corrected chi connectivity index (χ4v) is 4.05. The number of allylic oxidation sites excluding steroid dienone is 1. The van der Waals surface area contributed by atoms with E-state index in [0.717, 1.165) is 18.2 Å². The van der Waals surface area contributed by atoms with Crippen LogP contribution in [-0.2, 0) is 0 Å². The van der Waals surface area contributed by atoms with E-state index in [1.807, 2.05) is 0 Å². The number of fused-ring (bicyclic) bond motifs is 1. The zero-order chi connectivity index (χ0) is 26.8. The molecule has 13 heteroatoms. The molecule has 3 rings (SSSR count). The predicted octanol–water partition coefficient (Wildman–Crippen LogP) is 6.80. The van der Waals surface area contributed by atoms with Crippen molar-refractivity contribution in [1.29, 1.82) is 0 Å². The van der Waals surface area contributed by atoms with Crippen LogP contribution >= 0.6 is 23.2 Å². The Kier molecular flexibility index (Phi) is 8.62. The lowest BCUT2D eigenvalue weighted by atomic mass is 9.97. The molecule has 1 aromatic heterocycles. The van der Waals surface area contributed by atoms with E-state index in [4.69, 9.17) is 23.2 Å². The molecule has 36 heavy (non-hydrogen) atoms. The molecule has 0 fully saturated rings. The molecule has 0 aliphatic rings. The summed E-state index contributed by atoms with van der Waals surface area (Å²) in [5.74, 6) is -3.14. The molecule has 0 saturated carbocycles. The lowest BCUT2D eigenvalue weighted by Crippen LogP contribution is -2.37. The number of aliphatic hydroxyl groups is 2. The molecular formula is C23H19Cl2F7N2O2. The van der Waals surface area contributed by atoms with E-state index >= 15 is 0 Å². The highest BCUT2D eigenvalue weighted by molar-refractivity contribution is 6.35. The molecule has 0 bridgehead atoms. The fraction of sp³-hybridized carbons (Fsp3) is 0.304. The van der Waals surface area contributed by atoms with Crippen molar-refractivity contribution in [1.82, 2.24) is 9.88 Å². The van der Waals surface area contributed by atoms with Gasteiger partial charge in [0, 0.05) is 18.1 Å². The van der Waals surface area contributed by atoms with Gasteiger partial charge in [-0.2, -0.15) is 26.3 Å². The Hall–Kier alpha value is -2.31. The van der Waals surface area contributed by atoms with Crippen LogP contribution < -0.4 is 5.32 Å². The van der Waals surface area contributed by atoms with Crippen LogP contribution in [0.15, 0.2) is 48.7 Å². The highest BCUT2D eigenvalue weighted by atomic mass is 35.5. The van der Waals surface area contributed by atoms with Crippen LogP contribution in [0.2, 0.25) is 10.0 Å². The highest BCUT2D eigenvalue weighted by Crippen LogP contribution is 2.39. The lowest BCUT2D eigenvalue weighted by Gasteiger charge is -2.19. The van der Waals surface area contributed by atoms with Crippen molar-refractivity contribution in [3.05, 3.63) is 75.7 Å². The minimum atomic E-state index is -4.72. The van der Waals surface area contributed by atoms with Gasteiger partial charge >= 0.3 is 12.4 Å². The summed E-state index contributed by atoms with van der Waals surface area (Å²) in [5.41, 5.74) is 0.490. The average molecular weight is 559 g/mol. The molecule has 0 aliphatic carbocycles. The first-order valence-electron chi connectivity index (χ1n) is 10.3. The van der Waals surface area contributed by atoms with Crippen LogP contribution in [0.4, 0.5) is 30.7 Å². The molecule has 0 spiro atoms. The van der Waals surface area contributed by atoms with Gasteiger partial charge < -0.3 is 14.8 Å². The van der Waals surface area contributed by atoms with Crippen LogP contribution in [0.3, 0.4) is 0 Å². The Balaban J connectivity index is 1.79. The molecule has 4 nitrogen and oxygen atoms in total. The van der Waals surface area contributed by atoms with E-state index < -0.39 is 59.6 Å². The van der Waals surface area contributed by atoms with Crippen LogP contribution in [0.1, 0.15) is 29.7 Å². The summed E-state index contributed by atoms with van der Waals surface area (Å²) in [5, 5.41) is 21.3. The van der Waals surface area contributed by atoms with Gasteiger partial charge in [0.2, 0.25) is 0 Å². The maximum Gasteiger partial charge on any atom is 0.399 e. The molecule has 0 amide bonds. The largest absolute Gasteiger partial charge is 0.399 e. The summed E-state index contributed by atoms with van der Waals surface area (Å²) in [6, 6.07) is 7.80. The monoisotopic (exact) mass is 558 g/mol. The Morgan fingerprint density at radius 1 is 0.972 bits per heavy atom. The molecular weight excluding hydrogens is 540 g/mol. The average Bonchev–Trinajstić information content (AvgIpc) is 3.17. The number of aliphatic hydroxyl groups excluding tert-OH is 2. The van der Waals surface area contributed by atoms with Gasteiger partial charge in [0.15, 0.2) is 5.82 Å². The quantitative estimate of drug-likeness (QED) is 0.162. The zero-order valence-electron chi connectivity index (χ0n) is 18.1. The Morgan fingerprint density at radius 3 is 2.19 bits per heavy atom. The summed E-state index contributed by atoms with van der Waals surface area (Å²) in [6.45, 7) is -0.390. The minimum absolute atomic E-state index is 0.342. The van der Waals surface area contributed by atoms with Crippen molar-refractivity contribution in [2.24, 2.45) is 0 Å². The summed E-state index contributed by atoms with van der Waals surface area (Å²) >= 11 is 11.3. The third kappa shape index (κ3) is 7.13. The summed E-state index contributed by atoms with van der Waals surface area (Å²) in [7, 11) is 0. The molecule has 0 saturated heterocycles. The summed E-state index contributed by atoms with van der Waals surface area (Å²) < 4.78 is 93.0. The number of hydrogen-bond donors (Lipinski definition) is 3. The SMILES string of the molecule is OC(CC(F)(F)F)NCC(O)n1ccc2cc(/C=C/C(c3cc(Cl)c(F)c(Cl)c3)C(F)(F)F)ccc21. The lowest BCUT2D eigenvalue weighted by molar-refractivity contribution is -0.157. The number of benzene rings is 2. The van der Waals surface area contributed by atoms with Crippen molar-refractivity contribution >= 4 is 40.2 Å². The molecule has 0 aliphatic heterocycles. The summed E-state index contributed by atoms with van der Waals surface area (Å²) in [6.07, 6.45) is -10.5. The molecule has 3 unspecified atom stereocenters. The zero-order valence-corrected chi connectivity index (χ0v) is 19.6. The van der Waals surface area contributed by atoms with Crippen LogP contribution in [0.25, 0.3) is 17.0 Å². The number of alkyl halides is 6. The fourth-order valence-electron chi connectivity index (χ4n) is 3.55. The molecule has 0 radical (unpaired) electrons. The van der Waals surface area contributed by atoms with Gasteiger partial charge in [0.05, 0.1) is 27.9 Å². The molecule has 3 aromatic rings. The van der Waals surface area contributed by atoms with Crippen molar-refractivity contribution in [3.63, 3.8) is 0 Å². The Bertz CT molecular complexity index is 1220. The van der Waals surface area contributed by atoms with Crippen molar-refractivity contribution in [2.45, 2.75) is 37.1 Å². The van der Waals surface area contributed by atoms with E-state index in [9.17, 15) is 40.9 Å². The van der Waals surface area contributed by atoms with Gasteiger partial charge in [-0.1, -0.05) is 41.4 Å². The van der Waals surface area contributed by atoms with Crippen LogP contribution in [0.5, 0.6) is 0 Å². The van der Waals surface area contributed by atoms with Gasteiger partial charge in [-0.3, -0.25) is 5.32 Å². The predicted molar refractivity (Wildman–Crippen MR) is 122 cm³/mol. The maximum atomic E-state index is 13.7. The Morgan fingerprint density at radius 2 is 1.61 bits per heavy atom. The smallest absolute Gasteiger partial charge is 0.378 e. The van der Waals surface area contributed by atoms with Gasteiger partial charge in [0.1, 0.15) is 12.5 Å². The number of halogens is 9. The second-order valence-corrected chi connectivity index (χ2v) is 8.76. The van der Waals surface area contributed by atoms with Gasteiger partial charge in [0.25, 0.3) is 0 Å². The van der Waals surface area contributed by atoms with E-state index in [-0.39, 0.29) is 5.56 Å². The second kappa shape index (κ2) is 11.0. The third-order valence-corrected chi connectivity index (χ3v) is 5.78. The molecule has 1 heterocycles. The van der Waals surface area contributed by atoms with Crippen LogP contribution in [0, 0.1) is 5.82 Å². The Labute approximate surface area is 210 Å². The van der Waals surface area contributed by atoms with Crippen molar-refractivity contribution < 1.29 is 40.9 Å². The van der Waals surface area contributed by atoms with E-state index in [0.29, 0.717) is 16.5 Å². The van der Waals surface area contributed by atoms with Crippen molar-refractivity contribution in [2.75, 3.05) is 6.54 Å². The normalized spacial score (nSPS) is 15.5. The van der Waals surface area contributed by atoms with E-state index in [1.54, 1.807) is 12.1 Å². The third-order valence-electron chi connectivity index (χ3n) is 5.23. The first kappa shape index (κ1) is 28.3. The molecule has 3 N–H and O–H groups in total. The van der Waals surface area contributed by atoms with Gasteiger partial charge in [-0.05, 0) is 41.5 Å².